The molecule has 0 aliphatic carbocycles. The lowest BCUT2D eigenvalue weighted by Gasteiger charge is -2.16. The van der Waals surface area contributed by atoms with Gasteiger partial charge >= 0.3 is 0 Å². The van der Waals surface area contributed by atoms with Crippen LogP contribution in [0.15, 0.2) is 30.6 Å². The number of para-hydroxylation sites is 2. The summed E-state index contributed by atoms with van der Waals surface area (Å²) in [5.41, 5.74) is 15.7. The normalized spacial score (nSPS) is 10.5. The molecule has 0 unspecified atom stereocenters. The molecule has 3 amide bonds. The molecule has 0 radical (unpaired) electrons. The number of rotatable bonds is 6. The summed E-state index contributed by atoms with van der Waals surface area (Å²) in [4.78, 5) is 38.9. The number of amides is 3. The summed E-state index contributed by atoms with van der Waals surface area (Å²) < 4.78 is 1.66. The van der Waals surface area contributed by atoms with Gasteiger partial charge in [0.1, 0.15) is 12.6 Å². The third-order valence-corrected chi connectivity index (χ3v) is 3.14. The first kappa shape index (κ1) is 23.0. The zero-order valence-electron chi connectivity index (χ0n) is 15.2. The fourth-order valence-corrected chi connectivity index (χ4v) is 2.12. The summed E-state index contributed by atoms with van der Waals surface area (Å²) in [7, 11) is 4.42. The topological polar surface area (TPSA) is 171 Å². The van der Waals surface area contributed by atoms with Gasteiger partial charge in [0.2, 0.25) is 17.7 Å². The lowest BCUT2D eigenvalue weighted by molar-refractivity contribution is -0.131. The van der Waals surface area contributed by atoms with E-state index in [-0.39, 0.29) is 13.0 Å². The molecule has 0 saturated heterocycles. The molecule has 0 bridgehead atoms. The molecule has 10 nitrogen and oxygen atoms in total. The van der Waals surface area contributed by atoms with E-state index in [4.69, 9.17) is 5.73 Å². The minimum absolute atomic E-state index is 0.00717. The number of primary amides is 1. The van der Waals surface area contributed by atoms with Crippen LogP contribution < -0.4 is 27.8 Å². The third-order valence-electron chi connectivity index (χ3n) is 3.14. The van der Waals surface area contributed by atoms with Gasteiger partial charge in [-0.15, -0.1) is 0 Å². The van der Waals surface area contributed by atoms with Crippen LogP contribution in [-0.4, -0.2) is 54.5 Å². The number of carbonyl (C=O) groups excluding carboxylic acids is 3. The van der Waals surface area contributed by atoms with Crippen LogP contribution in [0.4, 0.5) is 0 Å². The number of imidazole rings is 1. The monoisotopic (exact) mass is 365 g/mol. The molecule has 144 valence electrons. The number of hydrogen-bond donors (Lipinski definition) is 5. The number of fused-ring (bicyclic) bond motifs is 1. The molecule has 1 atom stereocenters. The molecule has 0 saturated carbocycles. The summed E-state index contributed by atoms with van der Waals surface area (Å²) in [6, 6.07) is 6.40. The number of nitrogens with zero attached hydrogens (tertiary/aromatic N) is 2. The average Bonchev–Trinajstić information content (AvgIpc) is 3.06. The first-order valence-electron chi connectivity index (χ1n) is 7.86. The van der Waals surface area contributed by atoms with Gasteiger partial charge in [0, 0.05) is 7.05 Å². The van der Waals surface area contributed by atoms with Crippen LogP contribution in [0.3, 0.4) is 0 Å². The van der Waals surface area contributed by atoms with E-state index in [1.54, 1.807) is 10.9 Å². The molecule has 26 heavy (non-hydrogen) atoms. The second-order valence-corrected chi connectivity index (χ2v) is 4.77. The molecule has 1 aromatic carbocycles. The average molecular weight is 365 g/mol. The minimum Gasteiger partial charge on any atom is -0.370 e. The second-order valence-electron chi connectivity index (χ2n) is 4.77. The van der Waals surface area contributed by atoms with Crippen molar-refractivity contribution < 1.29 is 14.4 Å². The molecule has 2 rings (SSSR count). The van der Waals surface area contributed by atoms with Crippen molar-refractivity contribution in [3.8, 4) is 0 Å². The van der Waals surface area contributed by atoms with E-state index in [1.807, 2.05) is 24.3 Å². The van der Waals surface area contributed by atoms with E-state index >= 15 is 0 Å². The number of aromatic nitrogens is 2. The van der Waals surface area contributed by atoms with Gasteiger partial charge < -0.3 is 32.4 Å². The highest BCUT2D eigenvalue weighted by molar-refractivity contribution is 5.91. The number of likely N-dealkylation sites (N-methyl/N-ethyl adjacent to an activating group) is 1. The second kappa shape index (κ2) is 12.4. The van der Waals surface area contributed by atoms with Crippen LogP contribution in [0.25, 0.3) is 11.0 Å². The Hall–Kier alpha value is -2.98. The van der Waals surface area contributed by atoms with Gasteiger partial charge in [0.05, 0.1) is 23.8 Å². The number of benzene rings is 1. The van der Waals surface area contributed by atoms with Crippen molar-refractivity contribution >= 4 is 28.8 Å². The van der Waals surface area contributed by atoms with Crippen molar-refractivity contribution in [3.05, 3.63) is 30.6 Å². The Morgan fingerprint density at radius 1 is 1.15 bits per heavy atom. The molecular formula is C16H27N7O3. The number of carbonyl (C=O) groups is 3. The van der Waals surface area contributed by atoms with Crippen LogP contribution in [-0.2, 0) is 20.9 Å². The Labute approximate surface area is 152 Å². The van der Waals surface area contributed by atoms with Crippen molar-refractivity contribution in [3.63, 3.8) is 0 Å². The molecule has 0 spiro atoms. The maximum absolute atomic E-state index is 12.1. The van der Waals surface area contributed by atoms with Crippen LogP contribution in [0.1, 0.15) is 6.42 Å². The summed E-state index contributed by atoms with van der Waals surface area (Å²) in [6.45, 7) is -0.00717. The molecule has 0 aliphatic rings. The van der Waals surface area contributed by atoms with E-state index in [0.717, 1.165) is 11.0 Å². The van der Waals surface area contributed by atoms with Crippen LogP contribution in [0.2, 0.25) is 0 Å². The molecule has 0 aliphatic heterocycles. The quantitative estimate of drug-likeness (QED) is 0.408. The van der Waals surface area contributed by atoms with Crippen molar-refractivity contribution in [2.45, 2.75) is 19.0 Å². The van der Waals surface area contributed by atoms with Gasteiger partial charge in [-0.1, -0.05) is 12.1 Å². The van der Waals surface area contributed by atoms with Crippen molar-refractivity contribution in [2.75, 3.05) is 21.1 Å². The van der Waals surface area contributed by atoms with Gasteiger partial charge in [-0.3, -0.25) is 14.4 Å². The standard InChI is InChI=1S/C14H17N5O3.2CH5N/c1-16-14(22)10(6-12(15)20)18-13(21)7-19-8-17-9-4-2-3-5-11(9)19;2*1-2/h2-5,8,10H,6-7H2,1H3,(H2,15,20)(H,16,22)(H,18,21);2*2H2,1H3/t10-;;/m0../s1. The lowest BCUT2D eigenvalue weighted by Crippen LogP contribution is -2.48. The van der Waals surface area contributed by atoms with E-state index in [0.29, 0.717) is 0 Å². The van der Waals surface area contributed by atoms with E-state index in [1.165, 1.54) is 21.1 Å². The highest BCUT2D eigenvalue weighted by atomic mass is 16.2. The molecule has 10 heteroatoms. The predicted octanol–water partition coefficient (Wildman–Crippen LogP) is -1.71. The first-order valence-corrected chi connectivity index (χ1v) is 7.86. The first-order chi connectivity index (χ1) is 12.5. The third kappa shape index (κ3) is 6.87. The largest absolute Gasteiger partial charge is 0.370 e. The predicted molar refractivity (Wildman–Crippen MR) is 99.8 cm³/mol. The van der Waals surface area contributed by atoms with Gasteiger partial charge in [-0.2, -0.15) is 0 Å². The smallest absolute Gasteiger partial charge is 0.242 e. The number of nitrogens with two attached hydrogens (primary N) is 3. The number of hydrogen-bond acceptors (Lipinski definition) is 6. The fraction of sp³-hybridized carbons (Fsp3) is 0.375. The van der Waals surface area contributed by atoms with Gasteiger partial charge in [-0.25, -0.2) is 4.98 Å². The molecular weight excluding hydrogens is 338 g/mol. The van der Waals surface area contributed by atoms with E-state index in [9.17, 15) is 14.4 Å². The van der Waals surface area contributed by atoms with Crippen molar-refractivity contribution in [1.29, 1.82) is 0 Å². The maximum Gasteiger partial charge on any atom is 0.242 e. The maximum atomic E-state index is 12.1. The Morgan fingerprint density at radius 3 is 2.35 bits per heavy atom. The Kier molecular flexibility index (Phi) is 11.0. The zero-order valence-corrected chi connectivity index (χ0v) is 15.2. The Morgan fingerprint density at radius 2 is 1.77 bits per heavy atom. The summed E-state index contributed by atoms with van der Waals surface area (Å²) in [5.74, 6) is -1.54. The van der Waals surface area contributed by atoms with Gasteiger partial charge in [-0.05, 0) is 26.2 Å². The SMILES string of the molecule is CN.CN.CNC(=O)[C@H](CC(N)=O)NC(=O)Cn1cnc2ccccc21. The molecule has 8 N–H and O–H groups in total. The van der Waals surface area contributed by atoms with Crippen LogP contribution >= 0.6 is 0 Å². The molecule has 2 aromatic rings. The van der Waals surface area contributed by atoms with Gasteiger partial charge in [0.25, 0.3) is 0 Å². The minimum atomic E-state index is -0.982. The van der Waals surface area contributed by atoms with Crippen molar-refractivity contribution in [2.24, 2.45) is 17.2 Å². The van der Waals surface area contributed by atoms with E-state index in [2.05, 4.69) is 27.1 Å². The molecule has 0 fully saturated rings. The van der Waals surface area contributed by atoms with Crippen LogP contribution in [0.5, 0.6) is 0 Å². The summed E-state index contributed by atoms with van der Waals surface area (Å²) >= 11 is 0. The highest BCUT2D eigenvalue weighted by Crippen LogP contribution is 2.11. The van der Waals surface area contributed by atoms with E-state index < -0.39 is 23.8 Å². The molecule has 1 aromatic heterocycles. The summed E-state index contributed by atoms with van der Waals surface area (Å²) in [5, 5.41) is 4.89. The lowest BCUT2D eigenvalue weighted by atomic mass is 10.2. The molecule has 1 heterocycles. The summed E-state index contributed by atoms with van der Waals surface area (Å²) in [6.07, 6.45) is 1.29. The van der Waals surface area contributed by atoms with Crippen LogP contribution in [0, 0.1) is 0 Å². The van der Waals surface area contributed by atoms with Crippen molar-refractivity contribution in [1.82, 2.24) is 20.2 Å². The number of nitrogens with one attached hydrogen (secondary N) is 2. The zero-order chi connectivity index (χ0) is 20.1. The fourth-order valence-electron chi connectivity index (χ4n) is 2.12. The van der Waals surface area contributed by atoms with Gasteiger partial charge in [0.15, 0.2) is 0 Å². The Bertz CT molecular complexity index is 715. The Balaban J connectivity index is 0.00000146. The highest BCUT2D eigenvalue weighted by Gasteiger charge is 2.22.